The molecule has 1 amide bonds. The number of hydrogen-bond donors (Lipinski definition) is 1. The first-order valence-corrected chi connectivity index (χ1v) is 14.0. The lowest BCUT2D eigenvalue weighted by Gasteiger charge is -2.17. The van der Waals surface area contributed by atoms with Gasteiger partial charge in [-0.05, 0) is 42.8 Å². The van der Waals surface area contributed by atoms with Crippen molar-refractivity contribution in [3.63, 3.8) is 0 Å². The van der Waals surface area contributed by atoms with Gasteiger partial charge in [-0.2, -0.15) is 13.2 Å². The molecular formula is C22H19F4N3O7S2. The molecule has 16 heteroatoms. The number of nitrogens with one attached hydrogen (secondary N) is 1. The molecule has 1 N–H and O–H groups in total. The quantitative estimate of drug-likeness (QED) is 0.415. The Hall–Kier alpha value is -3.79. The first kappa shape index (κ1) is 28.8. The molecule has 2 aromatic carbocycles. The van der Waals surface area contributed by atoms with Crippen LogP contribution in [0.3, 0.4) is 0 Å². The highest BCUT2D eigenvalue weighted by atomic mass is 32.2. The lowest BCUT2D eigenvalue weighted by atomic mass is 10.1. The van der Waals surface area contributed by atoms with Crippen LogP contribution < -0.4 is 14.8 Å². The van der Waals surface area contributed by atoms with Gasteiger partial charge in [0.05, 0.1) is 12.0 Å². The lowest BCUT2D eigenvalue weighted by molar-refractivity contribution is -0.142. The Morgan fingerprint density at radius 3 is 2.21 bits per heavy atom. The fourth-order valence-corrected chi connectivity index (χ4v) is 4.69. The normalized spacial score (nSPS) is 12.2. The van der Waals surface area contributed by atoms with Gasteiger partial charge in [-0.1, -0.05) is 6.07 Å². The van der Waals surface area contributed by atoms with E-state index in [0.29, 0.717) is 0 Å². The van der Waals surface area contributed by atoms with E-state index in [1.165, 1.54) is 18.2 Å². The van der Waals surface area contributed by atoms with Crippen LogP contribution in [0.15, 0.2) is 46.2 Å². The molecule has 38 heavy (non-hydrogen) atoms. The molecular weight excluding hydrogens is 558 g/mol. The number of carbonyl (C=O) groups is 1. The maximum absolute atomic E-state index is 14.8. The predicted octanol–water partition coefficient (Wildman–Crippen LogP) is 3.80. The number of ether oxygens (including phenoxy) is 2. The third-order valence-electron chi connectivity index (χ3n) is 5.04. The Morgan fingerprint density at radius 1 is 1.00 bits per heavy atom. The molecule has 10 nitrogen and oxygen atoms in total. The lowest BCUT2D eigenvalue weighted by Crippen LogP contribution is -2.21. The fraction of sp³-hybridized carbons (Fsp3) is 0.227. The van der Waals surface area contributed by atoms with E-state index in [1.807, 2.05) is 0 Å². The number of anilines is 1. The van der Waals surface area contributed by atoms with Crippen molar-refractivity contribution in [1.82, 2.24) is 10.2 Å². The number of hydrogen-bond acceptors (Lipinski definition) is 9. The van der Waals surface area contributed by atoms with Crippen LogP contribution >= 0.6 is 0 Å². The predicted molar refractivity (Wildman–Crippen MR) is 125 cm³/mol. The molecule has 0 saturated carbocycles. The summed E-state index contributed by atoms with van der Waals surface area (Å²) >= 11 is 0. The molecule has 0 spiro atoms. The molecule has 1 heterocycles. The summed E-state index contributed by atoms with van der Waals surface area (Å²) in [4.78, 5) is 12.2. The molecule has 3 aromatic rings. The van der Waals surface area contributed by atoms with E-state index in [0.717, 1.165) is 44.7 Å². The van der Waals surface area contributed by atoms with Crippen molar-refractivity contribution >= 4 is 31.3 Å². The number of benzene rings is 2. The van der Waals surface area contributed by atoms with Gasteiger partial charge in [-0.15, -0.1) is 10.2 Å². The molecule has 0 bridgehead atoms. The molecule has 1 aromatic heterocycles. The summed E-state index contributed by atoms with van der Waals surface area (Å²) in [6.07, 6.45) is -3.34. The summed E-state index contributed by atoms with van der Waals surface area (Å²) in [5.74, 6) is -4.56. The smallest absolute Gasteiger partial charge is 0.435 e. The van der Waals surface area contributed by atoms with E-state index in [-0.39, 0.29) is 10.6 Å². The van der Waals surface area contributed by atoms with E-state index in [2.05, 4.69) is 15.5 Å². The van der Waals surface area contributed by atoms with E-state index < -0.39 is 76.7 Å². The molecule has 0 aliphatic carbocycles. The maximum atomic E-state index is 14.8. The molecule has 3 rings (SSSR count). The zero-order valence-electron chi connectivity index (χ0n) is 20.0. The van der Waals surface area contributed by atoms with Crippen molar-refractivity contribution < 1.29 is 48.7 Å². The third-order valence-corrected chi connectivity index (χ3v) is 7.26. The molecule has 0 aliphatic heterocycles. The van der Waals surface area contributed by atoms with Crippen LogP contribution in [0.2, 0.25) is 0 Å². The number of carbonyl (C=O) groups excluding carboxylic acids is 1. The Balaban J connectivity index is 2.15. The summed E-state index contributed by atoms with van der Waals surface area (Å²) in [5, 5.41) is 8.72. The van der Waals surface area contributed by atoms with Crippen LogP contribution in [0, 0.1) is 12.7 Å². The van der Waals surface area contributed by atoms with Gasteiger partial charge in [0.25, 0.3) is 11.8 Å². The number of methoxy groups -OCH3 is 1. The number of sulfone groups is 2. The van der Waals surface area contributed by atoms with Crippen molar-refractivity contribution in [1.29, 1.82) is 0 Å². The van der Waals surface area contributed by atoms with E-state index in [9.17, 15) is 39.2 Å². The van der Waals surface area contributed by atoms with Gasteiger partial charge >= 0.3 is 6.18 Å². The van der Waals surface area contributed by atoms with E-state index >= 15 is 0 Å². The average molecular weight is 578 g/mol. The van der Waals surface area contributed by atoms with Gasteiger partial charge in [-0.25, -0.2) is 21.2 Å². The number of amides is 1. The van der Waals surface area contributed by atoms with Crippen LogP contribution in [-0.4, -0.2) is 52.6 Å². The zero-order valence-corrected chi connectivity index (χ0v) is 21.7. The van der Waals surface area contributed by atoms with Gasteiger partial charge in [0.2, 0.25) is 0 Å². The Morgan fingerprint density at radius 2 is 1.66 bits per heavy atom. The number of aromatic nitrogens is 2. The highest BCUT2D eigenvalue weighted by Gasteiger charge is 2.38. The van der Waals surface area contributed by atoms with Gasteiger partial charge < -0.3 is 14.8 Å². The molecule has 0 aliphatic rings. The van der Waals surface area contributed by atoms with Crippen LogP contribution in [0.5, 0.6) is 17.4 Å². The second kappa shape index (κ2) is 10.2. The van der Waals surface area contributed by atoms with Crippen LogP contribution in [-0.2, 0) is 25.9 Å². The van der Waals surface area contributed by atoms with Crippen LogP contribution in [0.25, 0.3) is 0 Å². The number of nitrogens with zero attached hydrogens (tertiary/aromatic N) is 2. The largest absolute Gasteiger partial charge is 0.490 e. The average Bonchev–Trinajstić information content (AvgIpc) is 2.77. The van der Waals surface area contributed by atoms with Crippen molar-refractivity contribution in [2.24, 2.45) is 0 Å². The monoisotopic (exact) mass is 577 g/mol. The van der Waals surface area contributed by atoms with E-state index in [4.69, 9.17) is 9.47 Å². The molecule has 204 valence electrons. The highest BCUT2D eigenvalue weighted by Crippen LogP contribution is 2.39. The second-order valence-corrected chi connectivity index (χ2v) is 11.9. The SMILES string of the molecule is COc1c(Oc2nnc(C(F)(F)F)c(C)c2C(=O)Nc2cccc(S(C)(=O)=O)c2)ccc(S(C)(=O)=O)c1F. The van der Waals surface area contributed by atoms with Crippen LogP contribution in [0.1, 0.15) is 21.6 Å². The molecule has 0 unspecified atom stereocenters. The first-order chi connectivity index (χ1) is 17.4. The number of halogens is 4. The van der Waals surface area contributed by atoms with Gasteiger partial charge in [-0.3, -0.25) is 4.79 Å². The van der Waals surface area contributed by atoms with Crippen LogP contribution in [0.4, 0.5) is 23.2 Å². The minimum absolute atomic E-state index is 0.0743. The highest BCUT2D eigenvalue weighted by molar-refractivity contribution is 7.91. The standard InChI is InChI=1S/C22H19F4N3O7S2/c1-11-16(20(30)27-12-6-5-7-13(10-12)37(3,31)32)21(29-28-19(11)22(24,25)26)36-14-8-9-15(38(4,33)34)17(23)18(14)35-2/h5-10H,1-4H3,(H,27,30). The van der Waals surface area contributed by atoms with Crippen molar-refractivity contribution in [3.8, 4) is 17.4 Å². The molecule has 0 atom stereocenters. The first-order valence-electron chi connectivity index (χ1n) is 10.3. The Labute approximate surface area is 214 Å². The molecule has 0 fully saturated rings. The van der Waals surface area contributed by atoms with Gasteiger partial charge in [0.1, 0.15) is 10.5 Å². The summed E-state index contributed by atoms with van der Waals surface area (Å²) < 4.78 is 113. The summed E-state index contributed by atoms with van der Waals surface area (Å²) in [5.41, 5.74) is -3.04. The Bertz CT molecular complexity index is 1640. The molecule has 0 saturated heterocycles. The number of alkyl halides is 3. The van der Waals surface area contributed by atoms with Crippen molar-refractivity contribution in [2.75, 3.05) is 24.9 Å². The summed E-state index contributed by atoms with van der Waals surface area (Å²) in [6.45, 7) is 0.927. The van der Waals surface area contributed by atoms with Gasteiger partial charge in [0.15, 0.2) is 42.7 Å². The van der Waals surface area contributed by atoms with Crippen molar-refractivity contribution in [2.45, 2.75) is 22.9 Å². The minimum Gasteiger partial charge on any atom is -0.490 e. The zero-order chi connectivity index (χ0) is 28.6. The Kier molecular flexibility index (Phi) is 7.70. The fourth-order valence-electron chi connectivity index (χ4n) is 3.29. The number of rotatable bonds is 7. The topological polar surface area (TPSA) is 142 Å². The minimum atomic E-state index is -5.01. The second-order valence-electron chi connectivity index (χ2n) is 7.89. The summed E-state index contributed by atoms with van der Waals surface area (Å²) in [6, 6.07) is 6.74. The van der Waals surface area contributed by atoms with E-state index in [1.54, 1.807) is 0 Å². The van der Waals surface area contributed by atoms with Crippen molar-refractivity contribution in [3.05, 3.63) is 59.0 Å². The third kappa shape index (κ3) is 6.02. The summed E-state index contributed by atoms with van der Waals surface area (Å²) in [7, 11) is -6.71. The van der Waals surface area contributed by atoms with Gasteiger partial charge in [0, 0.05) is 18.2 Å². The molecule has 0 radical (unpaired) electrons. The maximum Gasteiger partial charge on any atom is 0.435 e.